The van der Waals surface area contributed by atoms with E-state index in [-0.39, 0.29) is 6.42 Å². The molecule has 0 unspecified atom stereocenters. The van der Waals surface area contributed by atoms with E-state index in [1.807, 2.05) is 0 Å². The van der Waals surface area contributed by atoms with Crippen molar-refractivity contribution in [2.24, 2.45) is 0 Å². The lowest BCUT2D eigenvalue weighted by molar-refractivity contribution is -0.136. The normalized spacial score (nSPS) is 10.8. The van der Waals surface area contributed by atoms with Gasteiger partial charge in [0.05, 0.1) is 6.42 Å². The number of aryl methyl sites for hydroxylation is 1. The third-order valence-corrected chi connectivity index (χ3v) is 2.32. The molecule has 4 nitrogen and oxygen atoms in total. The summed E-state index contributed by atoms with van der Waals surface area (Å²) < 4.78 is 5.51. The number of rotatable bonds is 4. The van der Waals surface area contributed by atoms with Crippen LogP contribution in [0.5, 0.6) is 0 Å². The van der Waals surface area contributed by atoms with Crippen LogP contribution in [0.3, 0.4) is 0 Å². The van der Waals surface area contributed by atoms with Gasteiger partial charge >= 0.3 is 5.97 Å². The first-order valence-corrected chi connectivity index (χ1v) is 5.29. The highest BCUT2D eigenvalue weighted by Crippen LogP contribution is 2.18. The van der Waals surface area contributed by atoms with Gasteiger partial charge in [0.1, 0.15) is 5.52 Å². The predicted octanol–water partition coefficient (Wildman–Crippen LogP) is 2.41. The molecule has 0 spiro atoms. The maximum atomic E-state index is 10.6. The molecule has 1 heterocycles. The van der Waals surface area contributed by atoms with Gasteiger partial charge in [-0.15, -0.1) is 0 Å². The molecule has 1 aromatic carbocycles. The Balaban J connectivity index is 2.33. The van der Waals surface area contributed by atoms with E-state index in [9.17, 15) is 4.79 Å². The van der Waals surface area contributed by atoms with Crippen molar-refractivity contribution in [3.05, 3.63) is 29.7 Å². The number of carboxylic acid groups (broad SMARTS) is 1. The molecule has 0 atom stereocenters. The van der Waals surface area contributed by atoms with Crippen molar-refractivity contribution in [2.75, 3.05) is 0 Å². The molecule has 0 radical (unpaired) electrons. The summed E-state index contributed by atoms with van der Waals surface area (Å²) in [4.78, 5) is 14.9. The molecule has 0 fully saturated rings. The maximum Gasteiger partial charge on any atom is 0.307 e. The molecule has 2 aromatic rings. The van der Waals surface area contributed by atoms with Gasteiger partial charge in [0, 0.05) is 6.42 Å². The van der Waals surface area contributed by atoms with Gasteiger partial charge in [-0.2, -0.15) is 0 Å². The van der Waals surface area contributed by atoms with Crippen LogP contribution >= 0.6 is 0 Å². The lowest BCUT2D eigenvalue weighted by atomic mass is 10.1. The molecule has 0 saturated heterocycles. The highest BCUT2D eigenvalue weighted by Gasteiger charge is 2.07. The summed E-state index contributed by atoms with van der Waals surface area (Å²) >= 11 is 0. The first-order chi connectivity index (χ1) is 7.69. The Morgan fingerprint density at radius 3 is 3.00 bits per heavy atom. The second-order valence-electron chi connectivity index (χ2n) is 3.73. The highest BCUT2D eigenvalue weighted by atomic mass is 16.4. The second kappa shape index (κ2) is 4.35. The van der Waals surface area contributed by atoms with Crippen LogP contribution in [0.1, 0.15) is 24.8 Å². The molecule has 0 saturated carbocycles. The average molecular weight is 219 g/mol. The number of aliphatic carboxylic acids is 1. The summed E-state index contributed by atoms with van der Waals surface area (Å²) in [6.07, 6.45) is 1.81. The van der Waals surface area contributed by atoms with Gasteiger partial charge in [-0.05, 0) is 24.1 Å². The van der Waals surface area contributed by atoms with Crippen LogP contribution in [0.2, 0.25) is 0 Å². The molecule has 16 heavy (non-hydrogen) atoms. The first kappa shape index (κ1) is 10.7. The fraction of sp³-hybridized carbons (Fsp3) is 0.333. The zero-order valence-electron chi connectivity index (χ0n) is 9.06. The Morgan fingerprint density at radius 1 is 1.50 bits per heavy atom. The van der Waals surface area contributed by atoms with Crippen molar-refractivity contribution >= 4 is 17.1 Å². The predicted molar refractivity (Wildman–Crippen MR) is 59.3 cm³/mol. The third kappa shape index (κ3) is 2.21. The van der Waals surface area contributed by atoms with Gasteiger partial charge in [-0.3, -0.25) is 4.79 Å². The molecular formula is C12H13NO3. The van der Waals surface area contributed by atoms with E-state index in [2.05, 4.69) is 11.9 Å². The number of oxazole rings is 1. The Bertz CT molecular complexity index is 516. The third-order valence-electron chi connectivity index (χ3n) is 2.32. The summed E-state index contributed by atoms with van der Waals surface area (Å²) in [6, 6.07) is 5.31. The Hall–Kier alpha value is -1.84. The molecule has 2 rings (SSSR count). The van der Waals surface area contributed by atoms with Crippen molar-refractivity contribution in [2.45, 2.75) is 26.2 Å². The van der Waals surface area contributed by atoms with Crippen LogP contribution in [0.15, 0.2) is 22.6 Å². The average Bonchev–Trinajstić information content (AvgIpc) is 2.59. The first-order valence-electron chi connectivity index (χ1n) is 5.29. The van der Waals surface area contributed by atoms with Crippen molar-refractivity contribution in [3.8, 4) is 0 Å². The second-order valence-corrected chi connectivity index (χ2v) is 3.73. The minimum absolute atomic E-state index is 0.0198. The number of carbonyl (C=O) groups is 1. The lowest BCUT2D eigenvalue weighted by Crippen LogP contribution is -1.99. The molecule has 0 aliphatic carbocycles. The van der Waals surface area contributed by atoms with E-state index in [0.29, 0.717) is 5.89 Å². The minimum Gasteiger partial charge on any atom is -0.481 e. The Kier molecular flexibility index (Phi) is 2.90. The van der Waals surface area contributed by atoms with Gasteiger partial charge in [-0.1, -0.05) is 13.0 Å². The van der Waals surface area contributed by atoms with E-state index >= 15 is 0 Å². The summed E-state index contributed by atoms with van der Waals surface area (Å²) in [5, 5.41) is 8.68. The molecule has 0 bridgehead atoms. The van der Waals surface area contributed by atoms with Crippen molar-refractivity contribution in [1.29, 1.82) is 0 Å². The smallest absolute Gasteiger partial charge is 0.307 e. The summed E-state index contributed by atoms with van der Waals surface area (Å²) in [7, 11) is 0. The Labute approximate surface area is 92.9 Å². The van der Waals surface area contributed by atoms with Gasteiger partial charge < -0.3 is 9.52 Å². The molecule has 0 aliphatic heterocycles. The molecule has 4 heteroatoms. The van der Waals surface area contributed by atoms with Crippen molar-refractivity contribution < 1.29 is 14.3 Å². The standard InChI is InChI=1S/C12H13NO3/c1-2-3-11-13-9-6-8(7-12(14)15)4-5-10(9)16-11/h4-6H,2-3,7H2,1H3,(H,14,15). The van der Waals surface area contributed by atoms with Crippen LogP contribution in [-0.2, 0) is 17.6 Å². The van der Waals surface area contributed by atoms with Crippen LogP contribution in [0.25, 0.3) is 11.1 Å². The van der Waals surface area contributed by atoms with Crippen LogP contribution < -0.4 is 0 Å². The molecule has 0 aliphatic rings. The molecule has 1 aromatic heterocycles. The number of hydrogen-bond acceptors (Lipinski definition) is 3. The topological polar surface area (TPSA) is 63.3 Å². The molecule has 84 valence electrons. The number of carboxylic acids is 1. The SMILES string of the molecule is CCCc1nc2cc(CC(=O)O)ccc2o1. The Morgan fingerprint density at radius 2 is 2.31 bits per heavy atom. The number of fused-ring (bicyclic) bond motifs is 1. The van der Waals surface area contributed by atoms with Gasteiger partial charge in [0.15, 0.2) is 11.5 Å². The molecule has 1 N–H and O–H groups in total. The van der Waals surface area contributed by atoms with Crippen LogP contribution in [0, 0.1) is 0 Å². The highest BCUT2D eigenvalue weighted by molar-refractivity contribution is 5.76. The van der Waals surface area contributed by atoms with E-state index in [1.165, 1.54) is 0 Å². The zero-order valence-corrected chi connectivity index (χ0v) is 9.06. The lowest BCUT2D eigenvalue weighted by Gasteiger charge is -1.94. The summed E-state index contributed by atoms with van der Waals surface area (Å²) in [5.74, 6) is -0.124. The van der Waals surface area contributed by atoms with E-state index in [1.54, 1.807) is 18.2 Å². The number of nitrogens with zero attached hydrogens (tertiary/aromatic N) is 1. The quantitative estimate of drug-likeness (QED) is 0.857. The van der Waals surface area contributed by atoms with Crippen LogP contribution in [0.4, 0.5) is 0 Å². The molecule has 0 amide bonds. The maximum absolute atomic E-state index is 10.6. The van der Waals surface area contributed by atoms with E-state index in [0.717, 1.165) is 29.5 Å². The van der Waals surface area contributed by atoms with Gasteiger partial charge in [0.2, 0.25) is 0 Å². The molecular weight excluding hydrogens is 206 g/mol. The summed E-state index contributed by atoms with van der Waals surface area (Å²) in [6.45, 7) is 2.06. The van der Waals surface area contributed by atoms with E-state index < -0.39 is 5.97 Å². The summed E-state index contributed by atoms with van der Waals surface area (Å²) in [5.41, 5.74) is 2.20. The van der Waals surface area contributed by atoms with Crippen LogP contribution in [-0.4, -0.2) is 16.1 Å². The van der Waals surface area contributed by atoms with Crippen molar-refractivity contribution in [3.63, 3.8) is 0 Å². The zero-order chi connectivity index (χ0) is 11.5. The van der Waals surface area contributed by atoms with Gasteiger partial charge in [-0.25, -0.2) is 4.98 Å². The van der Waals surface area contributed by atoms with Crippen molar-refractivity contribution in [1.82, 2.24) is 4.98 Å². The largest absolute Gasteiger partial charge is 0.481 e. The fourth-order valence-corrected chi connectivity index (χ4v) is 1.63. The number of hydrogen-bond donors (Lipinski definition) is 1. The number of benzene rings is 1. The van der Waals surface area contributed by atoms with Gasteiger partial charge in [0.25, 0.3) is 0 Å². The minimum atomic E-state index is -0.836. The fourth-order valence-electron chi connectivity index (χ4n) is 1.63. The number of aromatic nitrogens is 1. The van der Waals surface area contributed by atoms with E-state index in [4.69, 9.17) is 9.52 Å². The monoisotopic (exact) mass is 219 g/mol.